The van der Waals surface area contributed by atoms with Gasteiger partial charge in [0.15, 0.2) is 0 Å². The molecular formula is C11H14N2O5S2. The van der Waals surface area contributed by atoms with E-state index in [1.165, 1.54) is 22.7 Å². The number of carbonyl (C=O) groups is 2. The zero-order valence-corrected chi connectivity index (χ0v) is 12.3. The number of aromatic carboxylic acids is 1. The van der Waals surface area contributed by atoms with Crippen LogP contribution in [0.15, 0.2) is 16.3 Å². The Hall–Kier alpha value is -1.45. The van der Waals surface area contributed by atoms with Crippen LogP contribution in [0.5, 0.6) is 0 Å². The number of rotatable bonds is 4. The van der Waals surface area contributed by atoms with Gasteiger partial charge >= 0.3 is 5.97 Å². The van der Waals surface area contributed by atoms with Crippen molar-refractivity contribution in [3.63, 3.8) is 0 Å². The summed E-state index contributed by atoms with van der Waals surface area (Å²) in [5.74, 6) is -1.47. The average Bonchev–Trinajstić information content (AvgIpc) is 2.95. The van der Waals surface area contributed by atoms with Gasteiger partial charge in [0.2, 0.25) is 15.9 Å². The first kappa shape index (κ1) is 14.9. The van der Waals surface area contributed by atoms with Crippen molar-refractivity contribution in [1.82, 2.24) is 9.62 Å². The monoisotopic (exact) mass is 318 g/mol. The van der Waals surface area contributed by atoms with Gasteiger partial charge in [0, 0.05) is 26.1 Å². The molecule has 2 N–H and O–H groups in total. The molecule has 0 aliphatic carbocycles. The van der Waals surface area contributed by atoms with Crippen LogP contribution >= 0.6 is 11.3 Å². The fraction of sp³-hybridized carbons (Fsp3) is 0.455. The zero-order valence-electron chi connectivity index (χ0n) is 10.7. The highest BCUT2D eigenvalue weighted by Crippen LogP contribution is 2.27. The topological polar surface area (TPSA) is 104 Å². The van der Waals surface area contributed by atoms with E-state index in [2.05, 4.69) is 5.32 Å². The van der Waals surface area contributed by atoms with E-state index in [1.54, 1.807) is 0 Å². The predicted molar refractivity (Wildman–Crippen MR) is 72.3 cm³/mol. The number of hydrogen-bond donors (Lipinski definition) is 2. The van der Waals surface area contributed by atoms with E-state index in [0.717, 1.165) is 11.3 Å². The van der Waals surface area contributed by atoms with Crippen molar-refractivity contribution < 1.29 is 23.1 Å². The second kappa shape index (κ2) is 5.51. The lowest BCUT2D eigenvalue weighted by Gasteiger charge is -2.16. The van der Waals surface area contributed by atoms with Gasteiger partial charge in [-0.1, -0.05) is 0 Å². The standard InChI is InChI=1S/C11H14N2O5S2/c1-7(14)12-8-2-4-13(6-8)20(17,18)9-3-5-19-10(9)11(15)16/h3,5,8H,2,4,6H2,1H3,(H,12,14)(H,15,16). The Bertz CT molecular complexity index is 637. The van der Waals surface area contributed by atoms with Crippen molar-refractivity contribution in [2.24, 2.45) is 0 Å². The average molecular weight is 318 g/mol. The van der Waals surface area contributed by atoms with Crippen LogP contribution in [0.3, 0.4) is 0 Å². The van der Waals surface area contributed by atoms with Gasteiger partial charge in [0.1, 0.15) is 9.77 Å². The molecule has 0 aromatic carbocycles. The summed E-state index contributed by atoms with van der Waals surface area (Å²) in [7, 11) is -3.83. The molecule has 0 bridgehead atoms. The number of amides is 1. The van der Waals surface area contributed by atoms with E-state index < -0.39 is 16.0 Å². The molecule has 1 aromatic rings. The van der Waals surface area contributed by atoms with Crippen LogP contribution in [0.1, 0.15) is 23.0 Å². The van der Waals surface area contributed by atoms with Crippen molar-refractivity contribution in [2.45, 2.75) is 24.3 Å². The molecule has 2 heterocycles. The molecule has 9 heteroatoms. The predicted octanol–water partition coefficient (Wildman–Crippen LogP) is 0.345. The molecule has 1 aliphatic rings. The first-order valence-corrected chi connectivity index (χ1v) is 8.22. The number of nitrogens with zero attached hydrogens (tertiary/aromatic N) is 1. The highest BCUT2D eigenvalue weighted by molar-refractivity contribution is 7.89. The molecule has 1 fully saturated rings. The highest BCUT2D eigenvalue weighted by Gasteiger charge is 2.35. The number of carboxylic acid groups (broad SMARTS) is 1. The van der Waals surface area contributed by atoms with Crippen LogP contribution in [0.2, 0.25) is 0 Å². The zero-order chi connectivity index (χ0) is 14.9. The van der Waals surface area contributed by atoms with Crippen LogP contribution in [0.4, 0.5) is 0 Å². The van der Waals surface area contributed by atoms with Crippen LogP contribution < -0.4 is 5.32 Å². The smallest absolute Gasteiger partial charge is 0.347 e. The van der Waals surface area contributed by atoms with Gasteiger partial charge in [-0.3, -0.25) is 4.79 Å². The lowest BCUT2D eigenvalue weighted by Crippen LogP contribution is -2.37. The first-order chi connectivity index (χ1) is 9.32. The Labute approximate surface area is 120 Å². The molecule has 7 nitrogen and oxygen atoms in total. The molecule has 1 amide bonds. The maximum Gasteiger partial charge on any atom is 0.347 e. The summed E-state index contributed by atoms with van der Waals surface area (Å²) in [4.78, 5) is 21.6. The van der Waals surface area contributed by atoms with Crippen LogP contribution in [-0.4, -0.2) is 48.8 Å². The minimum atomic E-state index is -3.83. The van der Waals surface area contributed by atoms with Crippen LogP contribution in [-0.2, 0) is 14.8 Å². The number of hydrogen-bond acceptors (Lipinski definition) is 5. The summed E-state index contributed by atoms with van der Waals surface area (Å²) >= 11 is 0.880. The molecule has 1 atom stereocenters. The number of carboxylic acids is 1. The molecule has 20 heavy (non-hydrogen) atoms. The Kier molecular flexibility index (Phi) is 4.11. The lowest BCUT2D eigenvalue weighted by atomic mass is 10.3. The van der Waals surface area contributed by atoms with Crippen molar-refractivity contribution >= 4 is 33.2 Å². The van der Waals surface area contributed by atoms with E-state index in [0.29, 0.717) is 6.42 Å². The summed E-state index contributed by atoms with van der Waals surface area (Å²) < 4.78 is 26.0. The Morgan fingerprint density at radius 3 is 2.80 bits per heavy atom. The maximum absolute atomic E-state index is 12.4. The van der Waals surface area contributed by atoms with Gasteiger partial charge in [-0.25, -0.2) is 13.2 Å². The third kappa shape index (κ3) is 2.84. The minimum absolute atomic E-state index is 0.164. The quantitative estimate of drug-likeness (QED) is 0.833. The van der Waals surface area contributed by atoms with E-state index in [-0.39, 0.29) is 34.8 Å². The summed E-state index contributed by atoms with van der Waals surface area (Å²) in [6.07, 6.45) is 0.519. The molecule has 0 saturated carbocycles. The SMILES string of the molecule is CC(=O)NC1CCN(S(=O)(=O)c2ccsc2C(=O)O)C1. The van der Waals surface area contributed by atoms with Crippen molar-refractivity contribution in [3.8, 4) is 0 Å². The second-order valence-electron chi connectivity index (χ2n) is 4.47. The Morgan fingerprint density at radius 2 is 2.20 bits per heavy atom. The largest absolute Gasteiger partial charge is 0.477 e. The third-order valence-corrected chi connectivity index (χ3v) is 5.94. The maximum atomic E-state index is 12.4. The van der Waals surface area contributed by atoms with Gasteiger partial charge < -0.3 is 10.4 Å². The van der Waals surface area contributed by atoms with Gasteiger partial charge in [0.05, 0.1) is 0 Å². The molecule has 0 radical (unpaired) electrons. The van der Waals surface area contributed by atoms with Crippen molar-refractivity contribution in [3.05, 3.63) is 16.3 Å². The number of nitrogens with one attached hydrogen (secondary N) is 1. The third-order valence-electron chi connectivity index (χ3n) is 3.00. The van der Waals surface area contributed by atoms with E-state index >= 15 is 0 Å². The fourth-order valence-corrected chi connectivity index (χ4v) is 4.88. The minimum Gasteiger partial charge on any atom is -0.477 e. The molecule has 1 aliphatic heterocycles. The number of carbonyl (C=O) groups excluding carboxylic acids is 1. The fourth-order valence-electron chi connectivity index (χ4n) is 2.15. The van der Waals surface area contributed by atoms with E-state index in [1.807, 2.05) is 0 Å². The van der Waals surface area contributed by atoms with Gasteiger partial charge in [-0.05, 0) is 17.9 Å². The molecule has 1 unspecified atom stereocenters. The van der Waals surface area contributed by atoms with E-state index in [9.17, 15) is 18.0 Å². The summed E-state index contributed by atoms with van der Waals surface area (Å²) in [6.45, 7) is 1.80. The normalized spacial score (nSPS) is 19.9. The van der Waals surface area contributed by atoms with E-state index in [4.69, 9.17) is 5.11 Å². The first-order valence-electron chi connectivity index (χ1n) is 5.90. The van der Waals surface area contributed by atoms with Gasteiger partial charge in [-0.2, -0.15) is 4.31 Å². The van der Waals surface area contributed by atoms with Gasteiger partial charge in [0.25, 0.3) is 0 Å². The molecule has 1 saturated heterocycles. The van der Waals surface area contributed by atoms with Crippen LogP contribution in [0, 0.1) is 0 Å². The number of sulfonamides is 1. The summed E-state index contributed by atoms with van der Waals surface area (Å²) in [6, 6.07) is 1.07. The van der Waals surface area contributed by atoms with Gasteiger partial charge in [-0.15, -0.1) is 11.3 Å². The Morgan fingerprint density at radius 1 is 1.50 bits per heavy atom. The molecule has 1 aromatic heterocycles. The number of thiophene rings is 1. The van der Waals surface area contributed by atoms with Crippen molar-refractivity contribution in [2.75, 3.05) is 13.1 Å². The summed E-state index contributed by atoms with van der Waals surface area (Å²) in [5.41, 5.74) is 0. The van der Waals surface area contributed by atoms with Crippen LogP contribution in [0.25, 0.3) is 0 Å². The lowest BCUT2D eigenvalue weighted by molar-refractivity contribution is -0.119. The summed E-state index contributed by atoms with van der Waals surface area (Å²) in [5, 5.41) is 13.1. The molecule has 110 valence electrons. The molecular weight excluding hydrogens is 304 g/mol. The molecule has 0 spiro atoms. The highest BCUT2D eigenvalue weighted by atomic mass is 32.2. The Balaban J connectivity index is 2.22. The molecule has 2 rings (SSSR count). The second-order valence-corrected chi connectivity index (χ2v) is 7.29. The van der Waals surface area contributed by atoms with Crippen molar-refractivity contribution in [1.29, 1.82) is 0 Å².